The largest absolute Gasteiger partial charge is 0.492 e. The lowest BCUT2D eigenvalue weighted by Gasteiger charge is -2.34. The monoisotopic (exact) mass is 410 g/mol. The molecule has 0 saturated carbocycles. The number of carbonyl (C=O) groups excluding carboxylic acids is 1. The van der Waals surface area contributed by atoms with Gasteiger partial charge in [0, 0.05) is 24.2 Å². The van der Waals surface area contributed by atoms with Gasteiger partial charge in [-0.2, -0.15) is 0 Å². The molecule has 1 amide bonds. The summed E-state index contributed by atoms with van der Waals surface area (Å²) in [6.45, 7) is 9.87. The lowest BCUT2D eigenvalue weighted by Crippen LogP contribution is -2.41. The van der Waals surface area contributed by atoms with E-state index in [4.69, 9.17) is 21.1 Å². The highest BCUT2D eigenvalue weighted by Crippen LogP contribution is 2.36. The average molecular weight is 411 g/mol. The predicted molar refractivity (Wildman–Crippen MR) is 114 cm³/mol. The molecule has 1 fully saturated rings. The van der Waals surface area contributed by atoms with Gasteiger partial charge in [-0.3, -0.25) is 0 Å². The molecule has 1 aliphatic rings. The lowest BCUT2D eigenvalue weighted by atomic mass is 9.89. The van der Waals surface area contributed by atoms with Crippen LogP contribution in [-0.2, 0) is 4.74 Å². The van der Waals surface area contributed by atoms with Gasteiger partial charge in [-0.05, 0) is 77.7 Å². The average Bonchev–Trinajstić information content (AvgIpc) is 2.61. The normalized spacial score (nSPS) is 16.9. The van der Waals surface area contributed by atoms with Crippen molar-refractivity contribution in [2.45, 2.75) is 64.5 Å². The predicted octanol–water partition coefficient (Wildman–Crippen LogP) is 5.17. The van der Waals surface area contributed by atoms with Crippen molar-refractivity contribution >= 4 is 17.7 Å². The molecule has 2 rings (SSSR count). The number of benzene rings is 1. The first kappa shape index (κ1) is 22.8. The number of piperidine rings is 1. The molecule has 0 unspecified atom stereocenters. The van der Waals surface area contributed by atoms with Crippen LogP contribution in [0.1, 0.15) is 58.4 Å². The second-order valence-electron chi connectivity index (χ2n) is 8.76. The minimum absolute atomic E-state index is 0.227. The van der Waals surface area contributed by atoms with E-state index in [1.54, 1.807) is 4.90 Å². The van der Waals surface area contributed by atoms with Gasteiger partial charge < -0.3 is 19.3 Å². The molecule has 0 bridgehead atoms. The van der Waals surface area contributed by atoms with Crippen LogP contribution >= 0.6 is 11.6 Å². The Morgan fingerprint density at radius 2 is 1.93 bits per heavy atom. The van der Waals surface area contributed by atoms with E-state index in [0.29, 0.717) is 36.7 Å². The molecule has 5 nitrogen and oxygen atoms in total. The number of hydrogen-bond donors (Lipinski definition) is 0. The highest BCUT2D eigenvalue weighted by molar-refractivity contribution is 6.30. The maximum atomic E-state index is 12.3. The van der Waals surface area contributed by atoms with Crippen LogP contribution in [0.15, 0.2) is 18.2 Å². The number of hydrogen-bond acceptors (Lipinski definition) is 4. The van der Waals surface area contributed by atoms with Crippen molar-refractivity contribution in [3.8, 4) is 5.75 Å². The minimum atomic E-state index is -0.465. The number of likely N-dealkylation sites (N-methyl/N-ethyl adjacent to an activating group) is 1. The summed E-state index contributed by atoms with van der Waals surface area (Å²) in [5.41, 5.74) is 0.717. The zero-order chi connectivity index (χ0) is 20.9. The second-order valence-corrected chi connectivity index (χ2v) is 9.20. The summed E-state index contributed by atoms with van der Waals surface area (Å²) in [7, 11) is 4.14. The van der Waals surface area contributed by atoms with E-state index in [2.05, 4.69) is 32.0 Å². The third-order valence-electron chi connectivity index (χ3n) is 5.19. The van der Waals surface area contributed by atoms with E-state index in [9.17, 15) is 4.79 Å². The lowest BCUT2D eigenvalue weighted by molar-refractivity contribution is 0.0204. The smallest absolute Gasteiger partial charge is 0.410 e. The van der Waals surface area contributed by atoms with E-state index in [1.807, 2.05) is 32.9 Å². The van der Waals surface area contributed by atoms with E-state index < -0.39 is 5.60 Å². The van der Waals surface area contributed by atoms with Gasteiger partial charge in [-0.1, -0.05) is 24.6 Å². The fourth-order valence-corrected chi connectivity index (χ4v) is 3.65. The van der Waals surface area contributed by atoms with E-state index in [1.165, 1.54) is 5.56 Å². The summed E-state index contributed by atoms with van der Waals surface area (Å²) in [5.74, 6) is 1.22. The fourth-order valence-electron chi connectivity index (χ4n) is 3.49. The van der Waals surface area contributed by atoms with Gasteiger partial charge in [0.2, 0.25) is 0 Å². The van der Waals surface area contributed by atoms with Crippen molar-refractivity contribution in [1.29, 1.82) is 0 Å². The van der Waals surface area contributed by atoms with Gasteiger partial charge >= 0.3 is 6.09 Å². The summed E-state index contributed by atoms with van der Waals surface area (Å²) < 4.78 is 11.7. The van der Waals surface area contributed by atoms with E-state index >= 15 is 0 Å². The Kier molecular flexibility index (Phi) is 8.02. The van der Waals surface area contributed by atoms with Gasteiger partial charge in [0.25, 0.3) is 0 Å². The highest BCUT2D eigenvalue weighted by atomic mass is 35.5. The number of halogens is 1. The van der Waals surface area contributed by atoms with Gasteiger partial charge in [0.15, 0.2) is 0 Å². The molecule has 1 aromatic rings. The minimum Gasteiger partial charge on any atom is -0.492 e. The molecule has 0 aliphatic carbocycles. The summed E-state index contributed by atoms with van der Waals surface area (Å²) >= 11 is 6.23. The molecule has 0 spiro atoms. The SMILES string of the molecule is CC[C@H](COc1cc(Cl)ccc1C1CCN(C(=O)OC(C)(C)C)CC1)N(C)C. The Morgan fingerprint density at radius 1 is 1.29 bits per heavy atom. The topological polar surface area (TPSA) is 42.0 Å². The van der Waals surface area contributed by atoms with Crippen molar-refractivity contribution in [3.05, 3.63) is 28.8 Å². The maximum absolute atomic E-state index is 12.3. The molecule has 6 heteroatoms. The molecule has 1 aliphatic heterocycles. The third-order valence-corrected chi connectivity index (χ3v) is 5.43. The second kappa shape index (κ2) is 9.84. The number of amides is 1. The molecular formula is C22H35ClN2O3. The molecule has 1 heterocycles. The molecule has 0 aromatic heterocycles. The van der Waals surface area contributed by atoms with Crippen molar-refractivity contribution in [3.63, 3.8) is 0 Å². The van der Waals surface area contributed by atoms with Crippen LogP contribution < -0.4 is 4.74 Å². The number of carbonyl (C=O) groups is 1. The maximum Gasteiger partial charge on any atom is 0.410 e. The first-order valence-corrected chi connectivity index (χ1v) is 10.5. The summed E-state index contributed by atoms with van der Waals surface area (Å²) in [6, 6.07) is 6.27. The van der Waals surface area contributed by atoms with Crippen molar-refractivity contribution < 1.29 is 14.3 Å². The van der Waals surface area contributed by atoms with Crippen LogP contribution in [0.5, 0.6) is 5.75 Å². The van der Waals surface area contributed by atoms with Crippen molar-refractivity contribution in [1.82, 2.24) is 9.80 Å². The molecule has 0 radical (unpaired) electrons. The molecule has 158 valence electrons. The Hall–Kier alpha value is -1.46. The van der Waals surface area contributed by atoms with Gasteiger partial charge in [0.05, 0.1) is 0 Å². The molecule has 28 heavy (non-hydrogen) atoms. The first-order chi connectivity index (χ1) is 13.1. The number of likely N-dealkylation sites (tertiary alicyclic amines) is 1. The highest BCUT2D eigenvalue weighted by Gasteiger charge is 2.29. The Labute approximate surface area is 174 Å². The Bertz CT molecular complexity index is 650. The van der Waals surface area contributed by atoms with Gasteiger partial charge in [-0.25, -0.2) is 4.79 Å². The number of rotatable bonds is 6. The molecule has 1 aromatic carbocycles. The van der Waals surface area contributed by atoms with Crippen LogP contribution in [0.3, 0.4) is 0 Å². The zero-order valence-corrected chi connectivity index (χ0v) is 18.9. The standard InChI is InChI=1S/C22H35ClN2O3/c1-7-18(24(5)6)15-27-20-14-17(23)8-9-19(20)16-10-12-25(13-11-16)21(26)28-22(2,3)4/h8-9,14,16,18H,7,10-13,15H2,1-6H3/t18-/m1/s1. The van der Waals surface area contributed by atoms with Crippen LogP contribution in [0.2, 0.25) is 5.02 Å². The zero-order valence-electron chi connectivity index (χ0n) is 18.1. The Balaban J connectivity index is 2.03. The molecule has 1 atom stereocenters. The van der Waals surface area contributed by atoms with E-state index in [0.717, 1.165) is 25.0 Å². The van der Waals surface area contributed by atoms with Gasteiger partial charge in [-0.15, -0.1) is 0 Å². The fraction of sp³-hybridized carbons (Fsp3) is 0.682. The molecule has 1 saturated heterocycles. The van der Waals surface area contributed by atoms with Crippen molar-refractivity contribution in [2.75, 3.05) is 33.8 Å². The quantitative estimate of drug-likeness (QED) is 0.648. The van der Waals surface area contributed by atoms with E-state index in [-0.39, 0.29) is 6.09 Å². The number of ether oxygens (including phenoxy) is 2. The number of nitrogens with zero attached hydrogens (tertiary/aromatic N) is 2. The first-order valence-electron chi connectivity index (χ1n) is 10.2. The van der Waals surface area contributed by atoms with Gasteiger partial charge in [0.1, 0.15) is 18.0 Å². The Morgan fingerprint density at radius 3 is 2.46 bits per heavy atom. The van der Waals surface area contributed by atoms with Crippen LogP contribution in [-0.4, -0.2) is 61.3 Å². The summed E-state index contributed by atoms with van der Waals surface area (Å²) in [6.07, 6.45) is 2.58. The molecular weight excluding hydrogens is 376 g/mol. The molecule has 0 N–H and O–H groups in total. The van der Waals surface area contributed by atoms with Crippen LogP contribution in [0, 0.1) is 0 Å². The van der Waals surface area contributed by atoms with Crippen LogP contribution in [0.25, 0.3) is 0 Å². The summed E-state index contributed by atoms with van der Waals surface area (Å²) in [4.78, 5) is 16.3. The third kappa shape index (κ3) is 6.56. The van der Waals surface area contributed by atoms with Crippen molar-refractivity contribution in [2.24, 2.45) is 0 Å². The summed E-state index contributed by atoms with van der Waals surface area (Å²) in [5, 5.41) is 0.683. The van der Waals surface area contributed by atoms with Crippen LogP contribution in [0.4, 0.5) is 4.79 Å².